The maximum atomic E-state index is 13.1. The van der Waals surface area contributed by atoms with E-state index in [1.807, 2.05) is 53.8 Å². The molecule has 0 fully saturated rings. The summed E-state index contributed by atoms with van der Waals surface area (Å²) < 4.78 is 1.83. The zero-order chi connectivity index (χ0) is 15.3. The van der Waals surface area contributed by atoms with Gasteiger partial charge in [-0.2, -0.15) is 0 Å². The molecule has 0 aliphatic heterocycles. The molecule has 2 aromatic carbocycles. The molecule has 0 saturated heterocycles. The van der Waals surface area contributed by atoms with Crippen LogP contribution < -0.4 is 5.56 Å². The van der Waals surface area contributed by atoms with Gasteiger partial charge in [-0.25, -0.2) is 0 Å². The first kappa shape index (κ1) is 13.0. The van der Waals surface area contributed by atoms with E-state index < -0.39 is 0 Å². The highest BCUT2D eigenvalue weighted by molar-refractivity contribution is 5.94. The third-order valence-corrected chi connectivity index (χ3v) is 4.30. The van der Waals surface area contributed by atoms with Crippen LogP contribution in [-0.2, 0) is 6.42 Å². The standard InChI is InChI=1S/C19H16N2O/c1-3-13-14-8-5-7-11-17(14)21-18(13)12(2)20-16-10-6-4-9-15(16)19(21)22/h4-11H,3H2,1-2H3. The molecule has 3 heteroatoms. The Balaban J connectivity index is 2.45. The first-order valence-electron chi connectivity index (χ1n) is 7.54. The van der Waals surface area contributed by atoms with Crippen LogP contribution in [0.25, 0.3) is 27.3 Å². The van der Waals surface area contributed by atoms with Gasteiger partial charge in [0.2, 0.25) is 0 Å². The van der Waals surface area contributed by atoms with Crippen LogP contribution in [0.2, 0.25) is 0 Å². The average molecular weight is 288 g/mol. The van der Waals surface area contributed by atoms with E-state index >= 15 is 0 Å². The van der Waals surface area contributed by atoms with Gasteiger partial charge in [0.25, 0.3) is 5.56 Å². The summed E-state index contributed by atoms with van der Waals surface area (Å²) in [5.74, 6) is 0. The Hall–Kier alpha value is -2.68. The molecule has 0 saturated carbocycles. The first-order chi connectivity index (χ1) is 10.7. The van der Waals surface area contributed by atoms with Crippen LogP contribution in [0.5, 0.6) is 0 Å². The molecule has 0 N–H and O–H groups in total. The molecule has 3 nitrogen and oxygen atoms in total. The summed E-state index contributed by atoms with van der Waals surface area (Å²) in [6.45, 7) is 4.11. The second-order valence-electron chi connectivity index (χ2n) is 5.55. The SMILES string of the molecule is CCc1c2ccccc2n2c(=O)c3ccccc3nc(C)c12. The first-order valence-corrected chi connectivity index (χ1v) is 7.54. The summed E-state index contributed by atoms with van der Waals surface area (Å²) in [7, 11) is 0. The van der Waals surface area contributed by atoms with Crippen molar-refractivity contribution in [3.8, 4) is 0 Å². The summed E-state index contributed by atoms with van der Waals surface area (Å²) in [5.41, 5.74) is 4.75. The summed E-state index contributed by atoms with van der Waals surface area (Å²) in [6, 6.07) is 15.7. The molecule has 0 aliphatic carbocycles. The van der Waals surface area contributed by atoms with Crippen LogP contribution in [0.1, 0.15) is 18.2 Å². The van der Waals surface area contributed by atoms with Crippen molar-refractivity contribution in [2.75, 3.05) is 0 Å². The van der Waals surface area contributed by atoms with Gasteiger partial charge in [0.1, 0.15) is 0 Å². The van der Waals surface area contributed by atoms with Gasteiger partial charge >= 0.3 is 0 Å². The van der Waals surface area contributed by atoms with Gasteiger partial charge in [0, 0.05) is 5.39 Å². The maximum Gasteiger partial charge on any atom is 0.265 e. The highest BCUT2D eigenvalue weighted by Gasteiger charge is 2.15. The van der Waals surface area contributed by atoms with Crippen LogP contribution in [-0.4, -0.2) is 9.38 Å². The van der Waals surface area contributed by atoms with E-state index in [0.29, 0.717) is 5.39 Å². The highest BCUT2D eigenvalue weighted by Crippen LogP contribution is 2.27. The third kappa shape index (κ3) is 1.62. The van der Waals surface area contributed by atoms with Crippen molar-refractivity contribution in [2.24, 2.45) is 0 Å². The topological polar surface area (TPSA) is 34.4 Å². The normalized spacial score (nSPS) is 11.5. The lowest BCUT2D eigenvalue weighted by molar-refractivity contribution is 1.13. The third-order valence-electron chi connectivity index (χ3n) is 4.30. The van der Waals surface area contributed by atoms with Crippen molar-refractivity contribution in [1.29, 1.82) is 0 Å². The van der Waals surface area contributed by atoms with Gasteiger partial charge < -0.3 is 0 Å². The number of hydrogen-bond acceptors (Lipinski definition) is 2. The van der Waals surface area contributed by atoms with Crippen LogP contribution in [0.3, 0.4) is 0 Å². The van der Waals surface area contributed by atoms with Crippen molar-refractivity contribution >= 4 is 27.3 Å². The minimum Gasteiger partial charge on any atom is -0.274 e. The van der Waals surface area contributed by atoms with E-state index in [9.17, 15) is 4.79 Å². The van der Waals surface area contributed by atoms with Crippen LogP contribution >= 0.6 is 0 Å². The van der Waals surface area contributed by atoms with E-state index in [0.717, 1.165) is 34.1 Å². The van der Waals surface area contributed by atoms with Gasteiger partial charge in [-0.3, -0.25) is 14.2 Å². The Morgan fingerprint density at radius 3 is 2.45 bits per heavy atom. The monoisotopic (exact) mass is 288 g/mol. The molecule has 108 valence electrons. The second-order valence-corrected chi connectivity index (χ2v) is 5.55. The molecule has 0 aliphatic rings. The summed E-state index contributed by atoms with van der Waals surface area (Å²) in [4.78, 5) is 17.8. The Labute approximate surface area is 127 Å². The van der Waals surface area contributed by atoms with E-state index in [1.165, 1.54) is 5.56 Å². The number of para-hydroxylation sites is 2. The van der Waals surface area contributed by atoms with Crippen molar-refractivity contribution < 1.29 is 0 Å². The number of fused-ring (bicyclic) bond motifs is 4. The van der Waals surface area contributed by atoms with E-state index in [2.05, 4.69) is 13.0 Å². The van der Waals surface area contributed by atoms with Crippen LogP contribution in [0.4, 0.5) is 0 Å². The lowest BCUT2D eigenvalue weighted by atomic mass is 10.1. The zero-order valence-corrected chi connectivity index (χ0v) is 12.6. The number of nitrogens with zero attached hydrogens (tertiary/aromatic N) is 2. The number of rotatable bonds is 1. The summed E-state index contributed by atoms with van der Waals surface area (Å²) in [6.07, 6.45) is 0.874. The van der Waals surface area contributed by atoms with E-state index in [1.54, 1.807) is 0 Å². The predicted octanol–water partition coefficient (Wildman–Crippen LogP) is 3.87. The molecule has 2 aromatic heterocycles. The van der Waals surface area contributed by atoms with Gasteiger partial charge in [-0.05, 0) is 37.1 Å². The molecule has 0 unspecified atom stereocenters. The van der Waals surface area contributed by atoms with Crippen LogP contribution in [0, 0.1) is 6.92 Å². The molecule has 4 aromatic rings. The molecule has 0 spiro atoms. The Bertz CT molecular complexity index is 1090. The second kappa shape index (κ2) is 4.67. The molecular weight excluding hydrogens is 272 g/mol. The van der Waals surface area contributed by atoms with Gasteiger partial charge in [-0.1, -0.05) is 37.3 Å². The Kier molecular flexibility index (Phi) is 2.76. The van der Waals surface area contributed by atoms with Crippen molar-refractivity contribution in [2.45, 2.75) is 20.3 Å². The minimum atomic E-state index is 0.00194. The van der Waals surface area contributed by atoms with Gasteiger partial charge in [-0.15, -0.1) is 0 Å². The predicted molar refractivity (Wildman–Crippen MR) is 90.6 cm³/mol. The van der Waals surface area contributed by atoms with E-state index in [-0.39, 0.29) is 5.56 Å². The lowest BCUT2D eigenvalue weighted by Crippen LogP contribution is -2.09. The average Bonchev–Trinajstić information content (AvgIpc) is 2.83. The minimum absolute atomic E-state index is 0.00194. The van der Waals surface area contributed by atoms with Crippen molar-refractivity contribution in [3.63, 3.8) is 0 Å². The lowest BCUT2D eigenvalue weighted by Gasteiger charge is -1.95. The molecule has 0 atom stereocenters. The molecule has 2 heterocycles. The van der Waals surface area contributed by atoms with Crippen molar-refractivity contribution in [1.82, 2.24) is 9.38 Å². The molecule has 22 heavy (non-hydrogen) atoms. The molecule has 0 radical (unpaired) electrons. The quantitative estimate of drug-likeness (QED) is 0.533. The zero-order valence-electron chi connectivity index (χ0n) is 12.6. The molecule has 0 amide bonds. The maximum absolute atomic E-state index is 13.1. The fourth-order valence-corrected chi connectivity index (χ4v) is 3.36. The fraction of sp³-hybridized carbons (Fsp3) is 0.158. The van der Waals surface area contributed by atoms with Gasteiger partial charge in [0.15, 0.2) is 0 Å². The molecule has 4 rings (SSSR count). The van der Waals surface area contributed by atoms with Crippen molar-refractivity contribution in [3.05, 3.63) is 70.1 Å². The highest BCUT2D eigenvalue weighted by atomic mass is 16.1. The number of benzene rings is 2. The molecule has 0 bridgehead atoms. The number of aromatic nitrogens is 2. The summed E-state index contributed by atoms with van der Waals surface area (Å²) in [5, 5.41) is 1.80. The summed E-state index contributed by atoms with van der Waals surface area (Å²) >= 11 is 0. The Morgan fingerprint density at radius 1 is 1.00 bits per heavy atom. The smallest absolute Gasteiger partial charge is 0.265 e. The number of hydrogen-bond donors (Lipinski definition) is 0. The fourth-order valence-electron chi connectivity index (χ4n) is 3.36. The van der Waals surface area contributed by atoms with Gasteiger partial charge in [0.05, 0.1) is 27.6 Å². The van der Waals surface area contributed by atoms with Crippen LogP contribution in [0.15, 0.2) is 53.3 Å². The largest absolute Gasteiger partial charge is 0.274 e. The molecular formula is C19H16N2O. The number of aryl methyl sites for hydroxylation is 2. The Morgan fingerprint density at radius 2 is 1.68 bits per heavy atom. The van der Waals surface area contributed by atoms with E-state index in [4.69, 9.17) is 4.98 Å².